The smallest absolute Gasteiger partial charge is 0.161 e. The van der Waals surface area contributed by atoms with Crippen molar-refractivity contribution in [2.24, 2.45) is 0 Å². The van der Waals surface area contributed by atoms with Crippen LogP contribution in [-0.4, -0.2) is 19.3 Å². The molecule has 0 saturated heterocycles. The van der Waals surface area contributed by atoms with Crippen LogP contribution in [0.3, 0.4) is 0 Å². The molecule has 0 aliphatic carbocycles. The fourth-order valence-corrected chi connectivity index (χ4v) is 2.33. The lowest BCUT2D eigenvalue weighted by molar-refractivity contribution is 0.218. The molecule has 3 heteroatoms. The van der Waals surface area contributed by atoms with Gasteiger partial charge in [0, 0.05) is 0 Å². The van der Waals surface area contributed by atoms with E-state index >= 15 is 0 Å². The van der Waals surface area contributed by atoms with Crippen molar-refractivity contribution in [1.29, 1.82) is 0 Å². The van der Waals surface area contributed by atoms with Crippen LogP contribution in [-0.2, 0) is 0 Å². The normalized spacial score (nSPS) is 12.1. The summed E-state index contributed by atoms with van der Waals surface area (Å²) in [5.41, 5.74) is 3.95. The van der Waals surface area contributed by atoms with Crippen LogP contribution in [0, 0.1) is 13.8 Å². The first kappa shape index (κ1) is 14.4. The predicted octanol–water partition coefficient (Wildman–Crippen LogP) is 3.40. The molecule has 0 radical (unpaired) electrons. The second-order valence-electron chi connectivity index (χ2n) is 4.88. The molecule has 20 heavy (non-hydrogen) atoms. The molecular formula is C17H20O3. The van der Waals surface area contributed by atoms with Gasteiger partial charge < -0.3 is 14.6 Å². The minimum Gasteiger partial charge on any atom is -0.493 e. The van der Waals surface area contributed by atoms with Gasteiger partial charge in [0.25, 0.3) is 0 Å². The third-order valence-corrected chi connectivity index (χ3v) is 3.44. The summed E-state index contributed by atoms with van der Waals surface area (Å²) < 4.78 is 10.5. The molecular weight excluding hydrogens is 252 g/mol. The number of rotatable bonds is 4. The summed E-state index contributed by atoms with van der Waals surface area (Å²) in [7, 11) is 3.18. The standard InChI is InChI=1S/C17H20O3/c1-11-5-7-14(12(2)9-11)17(18)13-6-8-15(19-3)16(10-13)20-4/h5-10,17-18H,1-4H3. The lowest BCUT2D eigenvalue weighted by atomic mass is 9.96. The molecule has 0 spiro atoms. The van der Waals surface area contributed by atoms with E-state index in [-0.39, 0.29) is 0 Å². The zero-order valence-electron chi connectivity index (χ0n) is 12.3. The summed E-state index contributed by atoms with van der Waals surface area (Å²) in [6, 6.07) is 11.5. The molecule has 2 rings (SSSR count). The lowest BCUT2D eigenvalue weighted by Gasteiger charge is -2.16. The Hall–Kier alpha value is -2.00. The second-order valence-corrected chi connectivity index (χ2v) is 4.88. The molecule has 3 nitrogen and oxygen atoms in total. The predicted molar refractivity (Wildman–Crippen MR) is 79.5 cm³/mol. The van der Waals surface area contributed by atoms with Gasteiger partial charge in [-0.2, -0.15) is 0 Å². The molecule has 0 fully saturated rings. The highest BCUT2D eigenvalue weighted by Crippen LogP contribution is 2.33. The van der Waals surface area contributed by atoms with Crippen molar-refractivity contribution < 1.29 is 14.6 Å². The summed E-state index contributed by atoms with van der Waals surface area (Å²) >= 11 is 0. The van der Waals surface area contributed by atoms with Crippen molar-refractivity contribution in [2.45, 2.75) is 20.0 Å². The first-order chi connectivity index (χ1) is 9.56. The largest absolute Gasteiger partial charge is 0.493 e. The van der Waals surface area contributed by atoms with Gasteiger partial charge >= 0.3 is 0 Å². The molecule has 0 aromatic heterocycles. The molecule has 0 aliphatic rings. The van der Waals surface area contributed by atoms with Crippen LogP contribution < -0.4 is 9.47 Å². The first-order valence-corrected chi connectivity index (χ1v) is 6.54. The number of hydrogen-bond donors (Lipinski definition) is 1. The molecule has 1 unspecified atom stereocenters. The van der Waals surface area contributed by atoms with E-state index in [2.05, 4.69) is 6.07 Å². The van der Waals surface area contributed by atoms with E-state index in [0.29, 0.717) is 11.5 Å². The number of ether oxygens (including phenoxy) is 2. The van der Waals surface area contributed by atoms with Gasteiger partial charge in [-0.15, -0.1) is 0 Å². The van der Waals surface area contributed by atoms with Crippen LogP contribution in [0.15, 0.2) is 36.4 Å². The Morgan fingerprint density at radius 2 is 1.60 bits per heavy atom. The van der Waals surface area contributed by atoms with Crippen LogP contribution in [0.25, 0.3) is 0 Å². The van der Waals surface area contributed by atoms with Gasteiger partial charge in [-0.3, -0.25) is 0 Å². The van der Waals surface area contributed by atoms with E-state index < -0.39 is 6.10 Å². The molecule has 0 saturated carbocycles. The summed E-state index contributed by atoms with van der Waals surface area (Å²) in [5.74, 6) is 1.28. The number of aryl methyl sites for hydroxylation is 2. The Morgan fingerprint density at radius 3 is 2.20 bits per heavy atom. The van der Waals surface area contributed by atoms with Crippen molar-refractivity contribution >= 4 is 0 Å². The molecule has 0 aliphatic heterocycles. The topological polar surface area (TPSA) is 38.7 Å². The van der Waals surface area contributed by atoms with Crippen molar-refractivity contribution in [3.63, 3.8) is 0 Å². The second kappa shape index (κ2) is 5.97. The minimum atomic E-state index is -0.671. The van der Waals surface area contributed by atoms with E-state index in [0.717, 1.165) is 16.7 Å². The number of aliphatic hydroxyl groups is 1. The van der Waals surface area contributed by atoms with E-state index in [9.17, 15) is 5.11 Å². The Kier molecular flexibility index (Phi) is 4.30. The monoisotopic (exact) mass is 272 g/mol. The number of benzene rings is 2. The quantitative estimate of drug-likeness (QED) is 0.927. The Morgan fingerprint density at radius 1 is 0.900 bits per heavy atom. The Balaban J connectivity index is 2.40. The maximum absolute atomic E-state index is 10.6. The van der Waals surface area contributed by atoms with E-state index in [1.165, 1.54) is 5.56 Å². The average Bonchev–Trinajstić information content (AvgIpc) is 2.45. The number of hydrogen-bond acceptors (Lipinski definition) is 3. The van der Waals surface area contributed by atoms with Crippen LogP contribution in [0.4, 0.5) is 0 Å². The third-order valence-electron chi connectivity index (χ3n) is 3.44. The van der Waals surface area contributed by atoms with Gasteiger partial charge in [-0.25, -0.2) is 0 Å². The van der Waals surface area contributed by atoms with Gasteiger partial charge in [-0.05, 0) is 42.7 Å². The molecule has 2 aromatic rings. The maximum Gasteiger partial charge on any atom is 0.161 e. The van der Waals surface area contributed by atoms with Gasteiger partial charge in [0.2, 0.25) is 0 Å². The SMILES string of the molecule is COc1ccc(C(O)c2ccc(C)cc2C)cc1OC. The molecule has 2 aromatic carbocycles. The highest BCUT2D eigenvalue weighted by Gasteiger charge is 2.15. The molecule has 106 valence electrons. The van der Waals surface area contributed by atoms with Gasteiger partial charge in [-0.1, -0.05) is 29.8 Å². The summed E-state index contributed by atoms with van der Waals surface area (Å²) in [5, 5.41) is 10.6. The maximum atomic E-state index is 10.6. The zero-order valence-corrected chi connectivity index (χ0v) is 12.3. The molecule has 0 amide bonds. The van der Waals surface area contributed by atoms with Gasteiger partial charge in [0.1, 0.15) is 6.10 Å². The first-order valence-electron chi connectivity index (χ1n) is 6.54. The van der Waals surface area contributed by atoms with Crippen molar-refractivity contribution in [3.05, 3.63) is 58.7 Å². The highest BCUT2D eigenvalue weighted by molar-refractivity contribution is 5.46. The van der Waals surface area contributed by atoms with Crippen molar-refractivity contribution in [1.82, 2.24) is 0 Å². The lowest BCUT2D eigenvalue weighted by Crippen LogP contribution is -2.03. The molecule has 1 N–H and O–H groups in total. The molecule has 0 heterocycles. The Bertz CT molecular complexity index is 605. The van der Waals surface area contributed by atoms with Gasteiger partial charge in [0.05, 0.1) is 14.2 Å². The average molecular weight is 272 g/mol. The van der Waals surface area contributed by atoms with Crippen LogP contribution in [0.5, 0.6) is 11.5 Å². The Labute approximate surface area is 119 Å². The van der Waals surface area contributed by atoms with Crippen molar-refractivity contribution in [3.8, 4) is 11.5 Å². The number of methoxy groups -OCH3 is 2. The van der Waals surface area contributed by atoms with E-state index in [1.54, 1.807) is 20.3 Å². The van der Waals surface area contributed by atoms with E-state index in [4.69, 9.17) is 9.47 Å². The van der Waals surface area contributed by atoms with Crippen LogP contribution >= 0.6 is 0 Å². The van der Waals surface area contributed by atoms with Crippen LogP contribution in [0.1, 0.15) is 28.4 Å². The zero-order chi connectivity index (χ0) is 14.7. The summed E-state index contributed by atoms with van der Waals surface area (Å²) in [6.45, 7) is 4.05. The third kappa shape index (κ3) is 2.78. The fourth-order valence-electron chi connectivity index (χ4n) is 2.33. The summed E-state index contributed by atoms with van der Waals surface area (Å²) in [4.78, 5) is 0. The van der Waals surface area contributed by atoms with Crippen molar-refractivity contribution in [2.75, 3.05) is 14.2 Å². The minimum absolute atomic E-state index is 0.619. The fraction of sp³-hybridized carbons (Fsp3) is 0.294. The summed E-state index contributed by atoms with van der Waals surface area (Å²) in [6.07, 6.45) is -0.671. The number of aliphatic hydroxyl groups excluding tert-OH is 1. The highest BCUT2D eigenvalue weighted by atomic mass is 16.5. The molecule has 0 bridgehead atoms. The van der Waals surface area contributed by atoms with E-state index in [1.807, 2.05) is 38.1 Å². The van der Waals surface area contributed by atoms with Gasteiger partial charge in [0.15, 0.2) is 11.5 Å². The molecule has 1 atom stereocenters. The van der Waals surface area contributed by atoms with Crippen LogP contribution in [0.2, 0.25) is 0 Å².